The van der Waals surface area contributed by atoms with E-state index in [9.17, 15) is 4.79 Å². The first-order valence-corrected chi connectivity index (χ1v) is 11.0. The van der Waals surface area contributed by atoms with Crippen LogP contribution in [0.4, 0.5) is 16.3 Å². The van der Waals surface area contributed by atoms with Crippen molar-refractivity contribution < 1.29 is 14.3 Å². The summed E-state index contributed by atoms with van der Waals surface area (Å²) in [4.78, 5) is 19.5. The summed E-state index contributed by atoms with van der Waals surface area (Å²) in [5.41, 5.74) is 2.45. The first kappa shape index (κ1) is 21.5. The predicted molar refractivity (Wildman–Crippen MR) is 123 cm³/mol. The SMILES string of the molecule is COc1cc2c(cc1-n1nc(NC(=O)OCCN(C)C)c3cnc(Cl)cc31)SCCN2. The minimum atomic E-state index is -0.583. The molecule has 0 atom stereocenters. The average molecular weight is 463 g/mol. The number of likely N-dealkylation sites (N-methyl/N-ethyl adjacent to an activating group) is 1. The highest BCUT2D eigenvalue weighted by molar-refractivity contribution is 7.99. The lowest BCUT2D eigenvalue weighted by molar-refractivity contribution is 0.151. The van der Waals surface area contributed by atoms with Crippen molar-refractivity contribution in [2.45, 2.75) is 4.90 Å². The molecule has 0 fully saturated rings. The molecule has 3 heterocycles. The van der Waals surface area contributed by atoms with Gasteiger partial charge in [0.2, 0.25) is 0 Å². The Balaban J connectivity index is 1.74. The van der Waals surface area contributed by atoms with Crippen LogP contribution >= 0.6 is 23.4 Å². The molecule has 0 aliphatic carbocycles. The largest absolute Gasteiger partial charge is 0.494 e. The molecule has 0 radical (unpaired) electrons. The van der Waals surface area contributed by atoms with Gasteiger partial charge in [-0.15, -0.1) is 16.9 Å². The number of hydrogen-bond donors (Lipinski definition) is 2. The lowest BCUT2D eigenvalue weighted by Gasteiger charge is -2.20. The molecule has 1 aliphatic rings. The molecule has 1 aliphatic heterocycles. The molecule has 3 aromatic rings. The third-order valence-electron chi connectivity index (χ3n) is 4.71. The Hall–Kier alpha value is -2.69. The Morgan fingerprint density at radius 1 is 1.39 bits per heavy atom. The van der Waals surface area contributed by atoms with Crippen LogP contribution in [0.25, 0.3) is 16.6 Å². The van der Waals surface area contributed by atoms with Gasteiger partial charge in [-0.2, -0.15) is 0 Å². The van der Waals surface area contributed by atoms with Gasteiger partial charge in [-0.05, 0) is 20.2 Å². The molecule has 11 heteroatoms. The zero-order valence-corrected chi connectivity index (χ0v) is 19.0. The highest BCUT2D eigenvalue weighted by Crippen LogP contribution is 2.39. The molecule has 164 valence electrons. The van der Waals surface area contributed by atoms with Gasteiger partial charge in [0.25, 0.3) is 0 Å². The number of hydrogen-bond acceptors (Lipinski definition) is 8. The first-order valence-electron chi connectivity index (χ1n) is 9.68. The van der Waals surface area contributed by atoms with Crippen molar-refractivity contribution in [3.63, 3.8) is 0 Å². The molecular formula is C20H23ClN6O3S. The van der Waals surface area contributed by atoms with Crippen molar-refractivity contribution in [3.05, 3.63) is 29.5 Å². The lowest BCUT2D eigenvalue weighted by atomic mass is 10.2. The summed E-state index contributed by atoms with van der Waals surface area (Å²) in [6.07, 6.45) is 0.998. The normalized spacial score (nSPS) is 13.1. The minimum Gasteiger partial charge on any atom is -0.494 e. The van der Waals surface area contributed by atoms with Gasteiger partial charge in [-0.3, -0.25) is 5.32 Å². The van der Waals surface area contributed by atoms with Crippen molar-refractivity contribution in [3.8, 4) is 11.4 Å². The van der Waals surface area contributed by atoms with E-state index in [1.807, 2.05) is 31.1 Å². The molecule has 1 amide bonds. The van der Waals surface area contributed by atoms with Crippen molar-refractivity contribution >= 4 is 51.9 Å². The van der Waals surface area contributed by atoms with E-state index in [2.05, 4.69) is 20.7 Å². The van der Waals surface area contributed by atoms with E-state index in [4.69, 9.17) is 21.1 Å². The van der Waals surface area contributed by atoms with Gasteiger partial charge in [0.1, 0.15) is 23.2 Å². The second-order valence-corrected chi connectivity index (χ2v) is 8.67. The number of anilines is 2. The number of benzene rings is 1. The molecule has 4 rings (SSSR count). The Morgan fingerprint density at radius 3 is 3.00 bits per heavy atom. The first-order chi connectivity index (χ1) is 15.0. The molecule has 0 saturated carbocycles. The van der Waals surface area contributed by atoms with Crippen LogP contribution in [0.2, 0.25) is 5.15 Å². The second kappa shape index (κ2) is 9.21. The number of rotatable bonds is 6. The summed E-state index contributed by atoms with van der Waals surface area (Å²) in [5, 5.41) is 11.7. The van der Waals surface area contributed by atoms with Crippen molar-refractivity contribution in [2.75, 3.05) is 57.3 Å². The summed E-state index contributed by atoms with van der Waals surface area (Å²) in [7, 11) is 5.43. The number of fused-ring (bicyclic) bond motifs is 2. The topological polar surface area (TPSA) is 93.5 Å². The second-order valence-electron chi connectivity index (χ2n) is 7.14. The van der Waals surface area contributed by atoms with Crippen LogP contribution in [-0.2, 0) is 4.74 Å². The number of halogens is 1. The molecule has 2 N–H and O–H groups in total. The maximum Gasteiger partial charge on any atom is 0.412 e. The zero-order valence-electron chi connectivity index (χ0n) is 17.4. The minimum absolute atomic E-state index is 0.268. The number of carbonyl (C=O) groups is 1. The van der Waals surface area contributed by atoms with Crippen molar-refractivity contribution in [2.24, 2.45) is 0 Å². The number of pyridine rings is 1. The summed E-state index contributed by atoms with van der Waals surface area (Å²) < 4.78 is 12.6. The van der Waals surface area contributed by atoms with Crippen LogP contribution in [0.15, 0.2) is 29.3 Å². The molecule has 9 nitrogen and oxygen atoms in total. The average Bonchev–Trinajstić information content (AvgIpc) is 3.09. The van der Waals surface area contributed by atoms with Crippen LogP contribution in [0, 0.1) is 0 Å². The Labute approximate surface area is 189 Å². The fourth-order valence-electron chi connectivity index (χ4n) is 3.20. The highest BCUT2D eigenvalue weighted by Gasteiger charge is 2.21. The monoisotopic (exact) mass is 462 g/mol. The lowest BCUT2D eigenvalue weighted by Crippen LogP contribution is -2.22. The van der Waals surface area contributed by atoms with Crippen LogP contribution in [-0.4, -0.2) is 72.4 Å². The summed E-state index contributed by atoms with van der Waals surface area (Å²) >= 11 is 7.93. The summed E-state index contributed by atoms with van der Waals surface area (Å²) in [5.74, 6) is 1.95. The zero-order chi connectivity index (χ0) is 22.0. The van der Waals surface area contributed by atoms with Crippen molar-refractivity contribution in [1.29, 1.82) is 0 Å². The van der Waals surface area contributed by atoms with Gasteiger partial charge < -0.3 is 19.7 Å². The number of ether oxygens (including phenoxy) is 2. The maximum absolute atomic E-state index is 12.3. The standard InChI is InChI=1S/C20H23ClN6O3S/c1-26(2)5-6-30-20(28)24-19-12-11-23-18(21)10-14(12)27(25-19)15-9-17-13(8-16(15)29-3)22-4-7-31-17/h8-11,22H,4-7H2,1-3H3,(H,24,25,28). The number of nitrogens with zero attached hydrogens (tertiary/aromatic N) is 4. The molecule has 0 unspecified atom stereocenters. The predicted octanol–water partition coefficient (Wildman–Crippen LogP) is 3.71. The highest BCUT2D eigenvalue weighted by atomic mass is 35.5. The van der Waals surface area contributed by atoms with Gasteiger partial charge in [0, 0.05) is 42.1 Å². The Bertz CT molecular complexity index is 1120. The molecule has 0 spiro atoms. The summed E-state index contributed by atoms with van der Waals surface area (Å²) in [6.45, 7) is 1.79. The van der Waals surface area contributed by atoms with Gasteiger partial charge >= 0.3 is 6.09 Å². The van der Waals surface area contributed by atoms with E-state index >= 15 is 0 Å². The van der Waals surface area contributed by atoms with E-state index in [0.29, 0.717) is 34.2 Å². The molecule has 0 bridgehead atoms. The molecule has 0 saturated heterocycles. The smallest absolute Gasteiger partial charge is 0.412 e. The number of aromatic nitrogens is 3. The van der Waals surface area contributed by atoms with E-state index in [-0.39, 0.29) is 6.61 Å². The fraction of sp³-hybridized carbons (Fsp3) is 0.350. The van der Waals surface area contributed by atoms with Crippen molar-refractivity contribution in [1.82, 2.24) is 19.7 Å². The van der Waals surface area contributed by atoms with Crippen LogP contribution in [0.1, 0.15) is 0 Å². The third kappa shape index (κ3) is 4.65. The number of amides is 1. The van der Waals surface area contributed by atoms with Gasteiger partial charge in [0.15, 0.2) is 5.82 Å². The molecule has 2 aromatic heterocycles. The van der Waals surface area contributed by atoms with E-state index in [0.717, 1.165) is 28.6 Å². The van der Waals surface area contributed by atoms with Crippen LogP contribution in [0.3, 0.4) is 0 Å². The Kier molecular flexibility index (Phi) is 6.40. The van der Waals surface area contributed by atoms with Crippen LogP contribution in [0.5, 0.6) is 5.75 Å². The van der Waals surface area contributed by atoms with E-state index < -0.39 is 6.09 Å². The van der Waals surface area contributed by atoms with E-state index in [1.165, 1.54) is 0 Å². The Morgan fingerprint density at radius 2 is 2.23 bits per heavy atom. The maximum atomic E-state index is 12.3. The van der Waals surface area contributed by atoms with Crippen LogP contribution < -0.4 is 15.4 Å². The van der Waals surface area contributed by atoms with Gasteiger partial charge in [-0.25, -0.2) is 14.5 Å². The number of nitrogens with one attached hydrogen (secondary N) is 2. The molecule has 1 aromatic carbocycles. The van der Waals surface area contributed by atoms with E-state index in [1.54, 1.807) is 35.8 Å². The fourth-order valence-corrected chi connectivity index (χ4v) is 4.26. The number of methoxy groups -OCH3 is 1. The number of thioether (sulfide) groups is 1. The van der Waals surface area contributed by atoms with Gasteiger partial charge in [-0.1, -0.05) is 11.6 Å². The number of carbonyl (C=O) groups excluding carboxylic acids is 1. The molecular weight excluding hydrogens is 440 g/mol. The van der Waals surface area contributed by atoms with Gasteiger partial charge in [0.05, 0.1) is 23.7 Å². The summed E-state index contributed by atoms with van der Waals surface area (Å²) in [6, 6.07) is 5.68. The third-order valence-corrected chi connectivity index (χ3v) is 5.97. The quantitative estimate of drug-likeness (QED) is 0.535. The molecule has 31 heavy (non-hydrogen) atoms.